The standard InChI is InChI=1S/C32H42BrNO8S/c1-18-15-22-25(40-3)17-31(37,32(18,38)28(22)41-4)14-13-19-16-20(39-2)9-10-24(19)42-30(36)21-7-5-6-8-23(21)34-29(35)26-11-12-27(33)43-26/h5-8,11-12,18-20,22,24-25,28,37-38H,9-10,13-17H2,1-4H3,(H,34,35)/t18?,19?,20-,22+,24-,25?,28-,31+,32-/m0/s1. The van der Waals surface area contributed by atoms with E-state index in [0.717, 1.165) is 10.2 Å². The highest BCUT2D eigenvalue weighted by Gasteiger charge is 2.69. The third kappa shape index (κ3) is 6.19. The maximum Gasteiger partial charge on any atom is 0.340 e. The number of hydrogen-bond donors (Lipinski definition) is 3. The van der Waals surface area contributed by atoms with Gasteiger partial charge in [0.05, 0.1) is 43.8 Å². The van der Waals surface area contributed by atoms with Gasteiger partial charge in [-0.1, -0.05) is 19.1 Å². The van der Waals surface area contributed by atoms with Gasteiger partial charge in [-0.3, -0.25) is 4.79 Å². The number of fused-ring (bicyclic) bond motifs is 2. The number of rotatable bonds is 10. The molecular weight excluding hydrogens is 638 g/mol. The van der Waals surface area contributed by atoms with Gasteiger partial charge in [-0.05, 0) is 90.6 Å². The van der Waals surface area contributed by atoms with Gasteiger partial charge >= 0.3 is 5.97 Å². The summed E-state index contributed by atoms with van der Waals surface area (Å²) in [5.74, 6) is -1.08. The summed E-state index contributed by atoms with van der Waals surface area (Å²) in [4.78, 5) is 26.9. The highest BCUT2D eigenvalue weighted by atomic mass is 79.9. The molecular formula is C32H42BrNO8S. The Labute approximate surface area is 265 Å². The van der Waals surface area contributed by atoms with Crippen LogP contribution in [0.1, 0.15) is 71.9 Å². The summed E-state index contributed by atoms with van der Waals surface area (Å²) >= 11 is 4.68. The van der Waals surface area contributed by atoms with Crippen molar-refractivity contribution in [3.8, 4) is 0 Å². The third-order valence-corrected chi connectivity index (χ3v) is 11.7. The lowest BCUT2D eigenvalue weighted by Crippen LogP contribution is -2.68. The molecule has 3 saturated carbocycles. The minimum Gasteiger partial charge on any atom is -0.458 e. The molecule has 11 heteroatoms. The molecule has 3 fully saturated rings. The summed E-state index contributed by atoms with van der Waals surface area (Å²) in [6.07, 6.45) is 2.69. The average Bonchev–Trinajstić information content (AvgIpc) is 3.53. The van der Waals surface area contributed by atoms with Crippen LogP contribution < -0.4 is 5.32 Å². The number of ether oxygens (including phenoxy) is 4. The SMILES string of the molecule is COC1C[C@](O)(CCC2C[C@@H](OC)CC[C@@H]2OC(=O)c2ccccc2NC(=O)c2ccc(Br)s2)[C@]2(O)C(C)C[C@H]1[C@@H]2OC. The molecule has 0 spiro atoms. The zero-order valence-electron chi connectivity index (χ0n) is 25.1. The molecule has 0 saturated heterocycles. The van der Waals surface area contributed by atoms with Gasteiger partial charge in [0.2, 0.25) is 0 Å². The fourth-order valence-electron chi connectivity index (χ4n) is 7.83. The number of halogens is 1. The Balaban J connectivity index is 1.32. The fourth-order valence-corrected chi connectivity index (χ4v) is 9.11. The van der Waals surface area contributed by atoms with Crippen molar-refractivity contribution >= 4 is 44.8 Å². The van der Waals surface area contributed by atoms with Crippen LogP contribution in [-0.2, 0) is 18.9 Å². The first kappa shape index (κ1) is 32.5. The van der Waals surface area contributed by atoms with Gasteiger partial charge in [-0.2, -0.15) is 0 Å². The second-order valence-electron chi connectivity index (χ2n) is 12.3. The second kappa shape index (κ2) is 13.2. The van der Waals surface area contributed by atoms with Crippen molar-refractivity contribution in [2.45, 2.75) is 87.5 Å². The van der Waals surface area contributed by atoms with Crippen LogP contribution in [0.5, 0.6) is 0 Å². The van der Waals surface area contributed by atoms with Gasteiger partial charge in [0.25, 0.3) is 5.91 Å². The van der Waals surface area contributed by atoms with Crippen LogP contribution >= 0.6 is 27.3 Å². The van der Waals surface area contributed by atoms with E-state index in [0.29, 0.717) is 49.1 Å². The topological polar surface area (TPSA) is 124 Å². The van der Waals surface area contributed by atoms with Crippen LogP contribution in [0.15, 0.2) is 40.2 Å². The zero-order valence-corrected chi connectivity index (χ0v) is 27.5. The van der Waals surface area contributed by atoms with Gasteiger partial charge in [0.1, 0.15) is 11.7 Å². The molecule has 5 rings (SSSR count). The molecule has 1 heterocycles. The molecule has 236 valence electrons. The Kier molecular flexibility index (Phi) is 10.0. The Bertz CT molecular complexity index is 1310. The normalized spacial score (nSPS) is 35.5. The predicted molar refractivity (Wildman–Crippen MR) is 166 cm³/mol. The Morgan fingerprint density at radius 1 is 1.02 bits per heavy atom. The van der Waals surface area contributed by atoms with Crippen LogP contribution in [0.2, 0.25) is 0 Å². The minimum atomic E-state index is -1.43. The highest BCUT2D eigenvalue weighted by Crippen LogP contribution is 2.57. The second-order valence-corrected chi connectivity index (χ2v) is 14.8. The van der Waals surface area contributed by atoms with Crippen molar-refractivity contribution < 1.29 is 38.7 Å². The van der Waals surface area contributed by atoms with Crippen LogP contribution in [-0.4, -0.2) is 79.0 Å². The lowest BCUT2D eigenvalue weighted by Gasteiger charge is -2.53. The van der Waals surface area contributed by atoms with Gasteiger partial charge < -0.3 is 34.5 Å². The molecule has 3 aliphatic carbocycles. The molecule has 9 nitrogen and oxygen atoms in total. The lowest BCUT2D eigenvalue weighted by molar-refractivity contribution is -0.259. The molecule has 0 aliphatic heterocycles. The van der Waals surface area contributed by atoms with E-state index < -0.39 is 29.4 Å². The first-order valence-electron chi connectivity index (χ1n) is 14.9. The molecule has 43 heavy (non-hydrogen) atoms. The van der Waals surface area contributed by atoms with Crippen LogP contribution in [0.3, 0.4) is 0 Å². The maximum atomic E-state index is 13.6. The Morgan fingerprint density at radius 3 is 2.47 bits per heavy atom. The first-order valence-corrected chi connectivity index (χ1v) is 16.5. The smallest absolute Gasteiger partial charge is 0.340 e. The summed E-state index contributed by atoms with van der Waals surface area (Å²) in [6.45, 7) is 1.97. The molecule has 1 aromatic heterocycles. The summed E-state index contributed by atoms with van der Waals surface area (Å²) < 4.78 is 24.2. The number of benzene rings is 1. The number of esters is 1. The molecule has 9 atom stereocenters. The Morgan fingerprint density at radius 2 is 1.79 bits per heavy atom. The minimum absolute atomic E-state index is 0.00830. The van der Waals surface area contributed by atoms with E-state index in [2.05, 4.69) is 21.2 Å². The molecule has 0 radical (unpaired) electrons. The third-order valence-electron chi connectivity index (χ3n) is 10.1. The van der Waals surface area contributed by atoms with E-state index in [9.17, 15) is 19.8 Å². The van der Waals surface area contributed by atoms with E-state index >= 15 is 0 Å². The average molecular weight is 681 g/mol. The van der Waals surface area contributed by atoms with E-state index in [-0.39, 0.29) is 41.4 Å². The molecule has 2 aromatic rings. The van der Waals surface area contributed by atoms with Crippen LogP contribution in [0.25, 0.3) is 0 Å². The zero-order chi connectivity index (χ0) is 30.9. The monoisotopic (exact) mass is 679 g/mol. The van der Waals surface area contributed by atoms with Crippen molar-refractivity contribution in [1.82, 2.24) is 0 Å². The van der Waals surface area contributed by atoms with Crippen molar-refractivity contribution in [3.05, 3.63) is 50.6 Å². The van der Waals surface area contributed by atoms with Crippen molar-refractivity contribution in [1.29, 1.82) is 0 Å². The van der Waals surface area contributed by atoms with E-state index in [1.807, 2.05) is 6.92 Å². The molecule has 3 N–H and O–H groups in total. The number of nitrogens with one attached hydrogen (secondary N) is 1. The van der Waals surface area contributed by atoms with E-state index in [1.165, 1.54) is 11.3 Å². The van der Waals surface area contributed by atoms with Crippen molar-refractivity contribution in [2.75, 3.05) is 26.6 Å². The van der Waals surface area contributed by atoms with E-state index in [4.69, 9.17) is 18.9 Å². The summed E-state index contributed by atoms with van der Waals surface area (Å²) in [5.41, 5.74) is -2.18. The number of para-hydroxylation sites is 1. The number of methoxy groups -OCH3 is 3. The molecule has 3 unspecified atom stereocenters. The summed E-state index contributed by atoms with van der Waals surface area (Å²) in [6, 6.07) is 10.3. The van der Waals surface area contributed by atoms with Gasteiger partial charge in [-0.25, -0.2) is 4.79 Å². The number of anilines is 1. The number of amides is 1. The Hall–Kier alpha value is -1.86. The molecule has 2 bridgehead atoms. The fraction of sp³-hybridized carbons (Fsp3) is 0.625. The van der Waals surface area contributed by atoms with Gasteiger partial charge in [0.15, 0.2) is 0 Å². The molecule has 1 amide bonds. The van der Waals surface area contributed by atoms with Crippen LogP contribution in [0, 0.1) is 17.8 Å². The highest BCUT2D eigenvalue weighted by molar-refractivity contribution is 9.11. The van der Waals surface area contributed by atoms with Crippen LogP contribution in [0.4, 0.5) is 5.69 Å². The number of aliphatic hydroxyl groups is 2. The maximum absolute atomic E-state index is 13.6. The van der Waals surface area contributed by atoms with Crippen molar-refractivity contribution in [3.63, 3.8) is 0 Å². The molecule has 1 aromatic carbocycles. The van der Waals surface area contributed by atoms with Crippen molar-refractivity contribution in [2.24, 2.45) is 17.8 Å². The van der Waals surface area contributed by atoms with E-state index in [1.54, 1.807) is 57.7 Å². The summed E-state index contributed by atoms with van der Waals surface area (Å²) in [5, 5.41) is 26.9. The number of carbonyl (C=O) groups is 2. The quantitative estimate of drug-likeness (QED) is 0.284. The van der Waals surface area contributed by atoms with Gasteiger partial charge in [0, 0.05) is 33.7 Å². The number of hydrogen-bond acceptors (Lipinski definition) is 9. The molecule has 3 aliphatic rings. The first-order chi connectivity index (χ1) is 20.5. The van der Waals surface area contributed by atoms with Gasteiger partial charge in [-0.15, -0.1) is 11.3 Å². The predicted octanol–water partition coefficient (Wildman–Crippen LogP) is 5.44. The number of carbonyl (C=O) groups excluding carboxylic acids is 2. The largest absolute Gasteiger partial charge is 0.458 e. The number of thiophene rings is 1. The summed E-state index contributed by atoms with van der Waals surface area (Å²) in [7, 11) is 4.91. The lowest BCUT2D eigenvalue weighted by atomic mass is 9.64.